The molecular weight excluding hydrogens is 268 g/mol. The number of rotatable bonds is 3. The van der Waals surface area contributed by atoms with Crippen molar-refractivity contribution in [3.8, 4) is 5.75 Å². The molecule has 86 valence electrons. The summed E-state index contributed by atoms with van der Waals surface area (Å²) in [6, 6.07) is 5.91. The summed E-state index contributed by atoms with van der Waals surface area (Å²) in [4.78, 5) is 11.6. The number of halogens is 1. The molecule has 0 aliphatic heterocycles. The van der Waals surface area contributed by atoms with E-state index >= 15 is 0 Å². The molecule has 1 aromatic rings. The van der Waals surface area contributed by atoms with Gasteiger partial charge in [0.2, 0.25) is 0 Å². The van der Waals surface area contributed by atoms with Crippen LogP contribution in [0.4, 0.5) is 0 Å². The van der Waals surface area contributed by atoms with Crippen molar-refractivity contribution in [3.05, 3.63) is 28.2 Å². The van der Waals surface area contributed by atoms with Crippen molar-refractivity contribution in [1.29, 1.82) is 0 Å². The van der Waals surface area contributed by atoms with Crippen molar-refractivity contribution < 1.29 is 9.53 Å². The van der Waals surface area contributed by atoms with Crippen LogP contribution in [0.1, 0.15) is 24.8 Å². The average molecular weight is 283 g/mol. The molecule has 3 heteroatoms. The van der Waals surface area contributed by atoms with E-state index in [0.717, 1.165) is 35.9 Å². The second-order valence-electron chi connectivity index (χ2n) is 4.22. The van der Waals surface area contributed by atoms with Gasteiger partial charge in [0.15, 0.2) is 0 Å². The molecule has 1 fully saturated rings. The largest absolute Gasteiger partial charge is 0.497 e. The van der Waals surface area contributed by atoms with Gasteiger partial charge >= 0.3 is 0 Å². The molecule has 1 atom stereocenters. The maximum absolute atomic E-state index is 11.6. The molecule has 1 saturated carbocycles. The topological polar surface area (TPSA) is 26.3 Å². The summed E-state index contributed by atoms with van der Waals surface area (Å²) in [5.41, 5.74) is 1.17. The van der Waals surface area contributed by atoms with E-state index in [-0.39, 0.29) is 5.92 Å². The minimum atomic E-state index is 0.211. The second kappa shape index (κ2) is 5.00. The molecule has 0 bridgehead atoms. The first-order chi connectivity index (χ1) is 7.70. The molecule has 1 aliphatic carbocycles. The summed E-state index contributed by atoms with van der Waals surface area (Å²) < 4.78 is 6.26. The highest BCUT2D eigenvalue weighted by Gasteiger charge is 2.25. The Morgan fingerprint density at radius 3 is 2.94 bits per heavy atom. The lowest BCUT2D eigenvalue weighted by atomic mass is 9.97. The number of benzene rings is 1. The van der Waals surface area contributed by atoms with Gasteiger partial charge in [-0.1, -0.05) is 15.9 Å². The van der Waals surface area contributed by atoms with Crippen molar-refractivity contribution in [3.63, 3.8) is 0 Å². The third kappa shape index (κ3) is 2.46. The Morgan fingerprint density at radius 1 is 1.50 bits per heavy atom. The number of ketones is 1. The smallest absolute Gasteiger partial charge is 0.136 e. The Morgan fingerprint density at radius 2 is 2.31 bits per heavy atom. The minimum absolute atomic E-state index is 0.211. The molecule has 0 saturated heterocycles. The van der Waals surface area contributed by atoms with Gasteiger partial charge in [0.1, 0.15) is 11.5 Å². The summed E-state index contributed by atoms with van der Waals surface area (Å²) in [5.74, 6) is 1.47. The average Bonchev–Trinajstić information content (AvgIpc) is 2.68. The van der Waals surface area contributed by atoms with Crippen molar-refractivity contribution >= 4 is 21.7 Å². The number of hydrogen-bond donors (Lipinski definition) is 0. The molecule has 16 heavy (non-hydrogen) atoms. The third-order valence-corrected chi connectivity index (χ3v) is 3.92. The maximum Gasteiger partial charge on any atom is 0.136 e. The van der Waals surface area contributed by atoms with Crippen LogP contribution in [0.2, 0.25) is 0 Å². The molecule has 0 amide bonds. The molecule has 0 radical (unpaired) electrons. The molecule has 1 unspecified atom stereocenters. The lowest BCUT2D eigenvalue weighted by Gasteiger charge is -2.11. The van der Waals surface area contributed by atoms with Crippen LogP contribution in [0.3, 0.4) is 0 Å². The highest BCUT2D eigenvalue weighted by Crippen LogP contribution is 2.30. The van der Waals surface area contributed by atoms with E-state index in [0.29, 0.717) is 5.78 Å². The Kier molecular flexibility index (Phi) is 3.64. The van der Waals surface area contributed by atoms with Crippen LogP contribution in [0, 0.1) is 5.92 Å². The van der Waals surface area contributed by atoms with E-state index < -0.39 is 0 Å². The zero-order chi connectivity index (χ0) is 11.5. The second-order valence-corrected chi connectivity index (χ2v) is 5.07. The van der Waals surface area contributed by atoms with Crippen LogP contribution in [-0.2, 0) is 11.2 Å². The van der Waals surface area contributed by atoms with Crippen molar-refractivity contribution in [2.45, 2.75) is 25.7 Å². The Balaban J connectivity index is 2.16. The van der Waals surface area contributed by atoms with Gasteiger partial charge in [-0.25, -0.2) is 0 Å². The van der Waals surface area contributed by atoms with E-state index in [9.17, 15) is 4.79 Å². The molecule has 1 aromatic carbocycles. The zero-order valence-electron chi connectivity index (χ0n) is 9.33. The molecule has 2 nitrogen and oxygen atoms in total. The lowest BCUT2D eigenvalue weighted by molar-refractivity contribution is -0.120. The van der Waals surface area contributed by atoms with Crippen LogP contribution < -0.4 is 4.74 Å². The summed E-state index contributed by atoms with van der Waals surface area (Å²) in [6.07, 6.45) is 3.66. The van der Waals surface area contributed by atoms with E-state index in [1.54, 1.807) is 7.11 Å². The van der Waals surface area contributed by atoms with Gasteiger partial charge in [-0.2, -0.15) is 0 Å². The van der Waals surface area contributed by atoms with Gasteiger partial charge in [0, 0.05) is 16.8 Å². The lowest BCUT2D eigenvalue weighted by Crippen LogP contribution is -2.09. The van der Waals surface area contributed by atoms with Crippen molar-refractivity contribution in [2.24, 2.45) is 5.92 Å². The Labute approximate surface area is 104 Å². The van der Waals surface area contributed by atoms with Crippen LogP contribution in [0.15, 0.2) is 22.7 Å². The van der Waals surface area contributed by atoms with E-state index in [1.165, 1.54) is 5.56 Å². The van der Waals surface area contributed by atoms with Gasteiger partial charge in [-0.3, -0.25) is 4.79 Å². The SMILES string of the molecule is COc1ccc(Br)c(CC2CCCC2=O)c1. The first kappa shape index (κ1) is 11.6. The summed E-state index contributed by atoms with van der Waals surface area (Å²) in [6.45, 7) is 0. The fraction of sp³-hybridized carbons (Fsp3) is 0.462. The molecular formula is C13H15BrO2. The number of carbonyl (C=O) groups is 1. The minimum Gasteiger partial charge on any atom is -0.497 e. The van der Waals surface area contributed by atoms with Gasteiger partial charge in [-0.05, 0) is 43.0 Å². The fourth-order valence-corrected chi connectivity index (χ4v) is 2.61. The van der Waals surface area contributed by atoms with Crippen molar-refractivity contribution in [1.82, 2.24) is 0 Å². The standard InChI is InChI=1S/C13H15BrO2/c1-16-11-5-6-12(14)10(8-11)7-9-3-2-4-13(9)15/h5-6,8-9H,2-4,7H2,1H3. The maximum atomic E-state index is 11.6. The molecule has 0 heterocycles. The van der Waals surface area contributed by atoms with Gasteiger partial charge in [0.25, 0.3) is 0 Å². The molecule has 1 aliphatic rings. The number of hydrogen-bond acceptors (Lipinski definition) is 2. The third-order valence-electron chi connectivity index (χ3n) is 3.15. The van der Waals surface area contributed by atoms with E-state index in [1.807, 2.05) is 18.2 Å². The quantitative estimate of drug-likeness (QED) is 0.850. The summed E-state index contributed by atoms with van der Waals surface area (Å²) in [7, 11) is 1.66. The number of Topliss-reactive ketones (excluding diaryl/α,β-unsaturated/α-hetero) is 1. The van der Waals surface area contributed by atoms with Gasteiger partial charge < -0.3 is 4.74 Å². The number of methoxy groups -OCH3 is 1. The predicted octanol–water partition coefficient (Wildman–Crippen LogP) is 3.37. The van der Waals surface area contributed by atoms with Gasteiger partial charge in [-0.15, -0.1) is 0 Å². The highest BCUT2D eigenvalue weighted by molar-refractivity contribution is 9.10. The number of carbonyl (C=O) groups excluding carboxylic acids is 1. The van der Waals surface area contributed by atoms with Gasteiger partial charge in [0.05, 0.1) is 7.11 Å². The van der Waals surface area contributed by atoms with Crippen LogP contribution in [0.25, 0.3) is 0 Å². The molecule has 0 spiro atoms. The predicted molar refractivity (Wildman–Crippen MR) is 66.7 cm³/mol. The Hall–Kier alpha value is -0.830. The molecule has 2 rings (SSSR count). The first-order valence-electron chi connectivity index (χ1n) is 5.56. The van der Waals surface area contributed by atoms with E-state index in [2.05, 4.69) is 15.9 Å². The summed E-state index contributed by atoms with van der Waals surface area (Å²) in [5, 5.41) is 0. The van der Waals surface area contributed by atoms with Crippen LogP contribution in [0.5, 0.6) is 5.75 Å². The Bertz CT molecular complexity index is 401. The monoisotopic (exact) mass is 282 g/mol. The highest BCUT2D eigenvalue weighted by atomic mass is 79.9. The van der Waals surface area contributed by atoms with E-state index in [4.69, 9.17) is 4.74 Å². The molecule has 0 aromatic heterocycles. The zero-order valence-corrected chi connectivity index (χ0v) is 10.9. The fourth-order valence-electron chi connectivity index (χ4n) is 2.20. The first-order valence-corrected chi connectivity index (χ1v) is 6.35. The normalized spacial score (nSPS) is 20.1. The van der Waals surface area contributed by atoms with Crippen molar-refractivity contribution in [2.75, 3.05) is 7.11 Å². The van der Waals surface area contributed by atoms with Crippen LogP contribution >= 0.6 is 15.9 Å². The molecule has 0 N–H and O–H groups in total. The summed E-state index contributed by atoms with van der Waals surface area (Å²) >= 11 is 3.52. The van der Waals surface area contributed by atoms with Crippen LogP contribution in [-0.4, -0.2) is 12.9 Å². The number of ether oxygens (including phenoxy) is 1.